The van der Waals surface area contributed by atoms with Crippen molar-refractivity contribution in [1.29, 1.82) is 0 Å². The van der Waals surface area contributed by atoms with Crippen molar-refractivity contribution in [2.24, 2.45) is 13.0 Å². The van der Waals surface area contributed by atoms with Crippen molar-refractivity contribution in [2.45, 2.75) is 31.3 Å². The van der Waals surface area contributed by atoms with Crippen LogP contribution in [0.5, 0.6) is 5.75 Å². The zero-order valence-electron chi connectivity index (χ0n) is 19.0. The molecule has 0 fully saturated rings. The number of anilines is 1. The van der Waals surface area contributed by atoms with Crippen LogP contribution in [0.15, 0.2) is 29.4 Å². The van der Waals surface area contributed by atoms with Crippen molar-refractivity contribution < 1.29 is 19.1 Å². The molecule has 174 valence electrons. The molecule has 0 radical (unpaired) electrons. The van der Waals surface area contributed by atoms with Gasteiger partial charge < -0.3 is 19.4 Å². The Morgan fingerprint density at radius 2 is 2.06 bits per heavy atom. The molecule has 1 aromatic carbocycles. The first kappa shape index (κ1) is 23.3. The van der Waals surface area contributed by atoms with Gasteiger partial charge in [-0.15, -0.1) is 21.5 Å². The van der Waals surface area contributed by atoms with Gasteiger partial charge in [-0.1, -0.05) is 30.8 Å². The predicted octanol–water partition coefficient (Wildman–Crippen LogP) is 4.19. The van der Waals surface area contributed by atoms with Crippen LogP contribution in [0.1, 0.15) is 34.1 Å². The summed E-state index contributed by atoms with van der Waals surface area (Å²) in [5.74, 6) is 1.45. The molecule has 2 aromatic heterocycles. The maximum Gasteiger partial charge on any atom is 0.341 e. The SMILES string of the molecule is COC(=O)c1c(NC(=O)CSc2nnc(-c3ccccc3OC)n2C)sc2c1CCC(C)C2. The number of thioether (sulfide) groups is 1. The Balaban J connectivity index is 1.48. The average molecular weight is 487 g/mol. The Morgan fingerprint density at radius 1 is 1.27 bits per heavy atom. The average Bonchev–Trinajstić information content (AvgIpc) is 3.36. The molecule has 1 aliphatic rings. The third-order valence-electron chi connectivity index (χ3n) is 5.67. The molecule has 33 heavy (non-hydrogen) atoms. The minimum Gasteiger partial charge on any atom is -0.496 e. The number of methoxy groups -OCH3 is 2. The predicted molar refractivity (Wildman–Crippen MR) is 129 cm³/mol. The number of carbonyl (C=O) groups is 2. The molecule has 0 spiro atoms. The fraction of sp³-hybridized carbons (Fsp3) is 0.391. The molecule has 0 bridgehead atoms. The number of hydrogen-bond acceptors (Lipinski definition) is 8. The van der Waals surface area contributed by atoms with E-state index in [1.165, 1.54) is 30.2 Å². The normalized spacial score (nSPS) is 15.1. The monoisotopic (exact) mass is 486 g/mol. The second-order valence-corrected chi connectivity index (χ2v) is 10.00. The van der Waals surface area contributed by atoms with Crippen LogP contribution in [-0.4, -0.2) is 46.6 Å². The van der Waals surface area contributed by atoms with E-state index in [-0.39, 0.29) is 11.7 Å². The molecule has 1 amide bonds. The lowest BCUT2D eigenvalue weighted by Gasteiger charge is -2.18. The van der Waals surface area contributed by atoms with Crippen LogP contribution in [0.3, 0.4) is 0 Å². The summed E-state index contributed by atoms with van der Waals surface area (Å²) >= 11 is 2.76. The van der Waals surface area contributed by atoms with Crippen molar-refractivity contribution in [3.8, 4) is 17.1 Å². The van der Waals surface area contributed by atoms with Crippen LogP contribution in [-0.2, 0) is 29.4 Å². The van der Waals surface area contributed by atoms with Gasteiger partial charge in [-0.3, -0.25) is 4.79 Å². The van der Waals surface area contributed by atoms with Gasteiger partial charge in [-0.2, -0.15) is 0 Å². The smallest absolute Gasteiger partial charge is 0.341 e. The van der Waals surface area contributed by atoms with E-state index in [1.54, 1.807) is 7.11 Å². The Bertz CT molecular complexity index is 1190. The number of nitrogens with zero attached hydrogens (tertiary/aromatic N) is 3. The van der Waals surface area contributed by atoms with Crippen molar-refractivity contribution in [3.05, 3.63) is 40.3 Å². The highest BCUT2D eigenvalue weighted by molar-refractivity contribution is 7.99. The Morgan fingerprint density at radius 3 is 2.82 bits per heavy atom. The summed E-state index contributed by atoms with van der Waals surface area (Å²) in [6.45, 7) is 2.20. The third kappa shape index (κ3) is 4.77. The fourth-order valence-corrected chi connectivity index (χ4v) is 6.08. The zero-order chi connectivity index (χ0) is 23.5. The minimum absolute atomic E-state index is 0.136. The first-order chi connectivity index (χ1) is 15.9. The molecule has 4 rings (SSSR count). The Hall–Kier alpha value is -2.85. The first-order valence-electron chi connectivity index (χ1n) is 10.6. The second kappa shape index (κ2) is 9.96. The maximum absolute atomic E-state index is 12.8. The zero-order valence-corrected chi connectivity index (χ0v) is 20.6. The third-order valence-corrected chi connectivity index (χ3v) is 7.86. The highest BCUT2D eigenvalue weighted by Crippen LogP contribution is 2.40. The van der Waals surface area contributed by atoms with E-state index in [0.717, 1.165) is 35.3 Å². The van der Waals surface area contributed by atoms with Crippen LogP contribution >= 0.6 is 23.1 Å². The molecule has 0 aliphatic heterocycles. The Labute approximate surface area is 200 Å². The van der Waals surface area contributed by atoms with Gasteiger partial charge >= 0.3 is 5.97 Å². The van der Waals surface area contributed by atoms with Gasteiger partial charge in [-0.25, -0.2) is 4.79 Å². The van der Waals surface area contributed by atoms with Gasteiger partial charge in [0.2, 0.25) is 5.91 Å². The summed E-state index contributed by atoms with van der Waals surface area (Å²) in [5.41, 5.74) is 2.34. The highest BCUT2D eigenvalue weighted by Gasteiger charge is 2.29. The number of para-hydroxylation sites is 1. The molecular weight excluding hydrogens is 460 g/mol. The summed E-state index contributed by atoms with van der Waals surface area (Å²) in [6.07, 6.45) is 2.77. The molecule has 10 heteroatoms. The van der Waals surface area contributed by atoms with Crippen LogP contribution in [0.4, 0.5) is 5.00 Å². The van der Waals surface area contributed by atoms with Gasteiger partial charge in [0, 0.05) is 11.9 Å². The number of hydrogen-bond donors (Lipinski definition) is 1. The van der Waals surface area contributed by atoms with Crippen LogP contribution in [0, 0.1) is 5.92 Å². The largest absolute Gasteiger partial charge is 0.496 e. The van der Waals surface area contributed by atoms with E-state index in [0.29, 0.717) is 33.2 Å². The molecule has 1 N–H and O–H groups in total. The molecule has 0 saturated carbocycles. The summed E-state index contributed by atoms with van der Waals surface area (Å²) in [7, 11) is 4.83. The molecular formula is C23H26N4O4S2. The molecule has 2 heterocycles. The molecule has 8 nitrogen and oxygen atoms in total. The lowest BCUT2D eigenvalue weighted by Crippen LogP contribution is -2.17. The summed E-state index contributed by atoms with van der Waals surface area (Å²) < 4.78 is 12.3. The summed E-state index contributed by atoms with van der Waals surface area (Å²) in [5, 5.41) is 12.6. The highest BCUT2D eigenvalue weighted by atomic mass is 32.2. The van der Waals surface area contributed by atoms with Gasteiger partial charge in [0.1, 0.15) is 10.8 Å². The maximum atomic E-state index is 12.8. The lowest BCUT2D eigenvalue weighted by molar-refractivity contribution is -0.113. The first-order valence-corrected chi connectivity index (χ1v) is 12.4. The van der Waals surface area contributed by atoms with Crippen molar-refractivity contribution >= 4 is 40.0 Å². The van der Waals surface area contributed by atoms with Gasteiger partial charge in [0.05, 0.1) is 31.1 Å². The van der Waals surface area contributed by atoms with E-state index in [4.69, 9.17) is 9.47 Å². The van der Waals surface area contributed by atoms with Crippen LogP contribution in [0.2, 0.25) is 0 Å². The topological polar surface area (TPSA) is 95.3 Å². The number of amides is 1. The number of esters is 1. The quantitative estimate of drug-likeness (QED) is 0.395. The molecule has 3 aromatic rings. The van der Waals surface area contributed by atoms with Crippen LogP contribution < -0.4 is 10.1 Å². The number of rotatable bonds is 7. The molecule has 0 saturated heterocycles. The standard InChI is InChI=1S/C23H26N4O4S2/c1-13-9-10-15-17(11-13)33-21(19(15)22(29)31-4)24-18(28)12-32-23-26-25-20(27(23)2)14-7-5-6-8-16(14)30-3/h5-8,13H,9-12H2,1-4H3,(H,24,28). The van der Waals surface area contributed by atoms with Gasteiger partial charge in [0.15, 0.2) is 11.0 Å². The minimum atomic E-state index is -0.403. The molecule has 1 unspecified atom stereocenters. The van der Waals surface area contributed by atoms with E-state index in [2.05, 4.69) is 22.4 Å². The van der Waals surface area contributed by atoms with Crippen LogP contribution in [0.25, 0.3) is 11.4 Å². The second-order valence-electron chi connectivity index (χ2n) is 7.95. The number of ether oxygens (including phenoxy) is 2. The summed E-state index contributed by atoms with van der Waals surface area (Å²) in [4.78, 5) is 26.4. The van der Waals surface area contributed by atoms with E-state index < -0.39 is 5.97 Å². The number of benzene rings is 1. The number of carbonyl (C=O) groups excluding carboxylic acids is 2. The number of aromatic nitrogens is 3. The molecule has 1 atom stereocenters. The fourth-order valence-electron chi connectivity index (χ4n) is 3.95. The van der Waals surface area contributed by atoms with E-state index in [1.807, 2.05) is 35.9 Å². The molecule has 1 aliphatic carbocycles. The Kier molecular flexibility index (Phi) is 7.04. The lowest BCUT2D eigenvalue weighted by atomic mass is 9.88. The van der Waals surface area contributed by atoms with Gasteiger partial charge in [-0.05, 0) is 42.9 Å². The number of fused-ring (bicyclic) bond motifs is 1. The van der Waals surface area contributed by atoms with E-state index in [9.17, 15) is 9.59 Å². The van der Waals surface area contributed by atoms with Crippen molar-refractivity contribution in [1.82, 2.24) is 14.8 Å². The number of nitrogens with one attached hydrogen (secondary N) is 1. The van der Waals surface area contributed by atoms with Crippen molar-refractivity contribution in [3.63, 3.8) is 0 Å². The number of thiophene rings is 1. The summed E-state index contributed by atoms with van der Waals surface area (Å²) in [6, 6.07) is 7.58. The van der Waals surface area contributed by atoms with Gasteiger partial charge in [0.25, 0.3) is 0 Å². The van der Waals surface area contributed by atoms with E-state index >= 15 is 0 Å². The van der Waals surface area contributed by atoms with Crippen molar-refractivity contribution in [2.75, 3.05) is 25.3 Å².